The molecule has 5 N–H and O–H groups in total. The van der Waals surface area contributed by atoms with E-state index in [1.807, 2.05) is 0 Å². The second-order valence-electron chi connectivity index (χ2n) is 6.87. The van der Waals surface area contributed by atoms with Crippen LogP contribution in [0.3, 0.4) is 0 Å². The van der Waals surface area contributed by atoms with Gasteiger partial charge in [0.15, 0.2) is 0 Å². The van der Waals surface area contributed by atoms with Gasteiger partial charge in [-0.3, -0.25) is 14.4 Å². The first kappa shape index (κ1) is 23.7. The number of β-amino-alcohol motifs (C(OH)–C–C–N with tert-alkyl or cyclic N) is 2. The molecule has 1 rings (SSSR count). The quantitative estimate of drug-likeness (QED) is 0.237. The normalized spacial score (nSPS) is 18.4. The third kappa shape index (κ3) is 6.68. The van der Waals surface area contributed by atoms with Gasteiger partial charge in [-0.25, -0.2) is 0 Å². The van der Waals surface area contributed by atoms with E-state index in [9.17, 15) is 18.6 Å². The summed E-state index contributed by atoms with van der Waals surface area (Å²) < 4.78 is 30.1. The number of nitrogens with zero attached hydrogens (tertiary/aromatic N) is 1. The molecule has 1 atom stereocenters. The molecule has 0 saturated heterocycles. The van der Waals surface area contributed by atoms with Crippen LogP contribution in [-0.2, 0) is 14.3 Å². The molecule has 1 saturated carbocycles. The Kier molecular flexibility index (Phi) is 10.5. The highest BCUT2D eigenvalue weighted by molar-refractivity contribution is 7.87. The molecule has 0 aliphatic heterocycles. The smallest absolute Gasteiger partial charge is 0.283 e. The molecule has 0 amide bonds. The Hall–Kier alpha value is -0.330. The first-order valence-electron chi connectivity index (χ1n) is 9.18. The first-order chi connectivity index (χ1) is 12.3. The molecule has 10 heteroatoms. The second kappa shape index (κ2) is 11.5. The Morgan fingerprint density at radius 1 is 1.08 bits per heavy atom. The third-order valence-corrected chi connectivity index (χ3v) is 6.45. The zero-order chi connectivity index (χ0) is 19.6. The molecule has 1 aliphatic carbocycles. The van der Waals surface area contributed by atoms with Crippen LogP contribution in [-0.4, -0.2) is 96.8 Å². The average Bonchev–Trinajstić information content (AvgIpc) is 2.64. The number of aliphatic hydroxyl groups excluding tert-OH is 4. The lowest BCUT2D eigenvalue weighted by Crippen LogP contribution is -2.59. The number of nitrogens with one attached hydrogen (secondary N) is 1. The molecule has 0 bridgehead atoms. The maximum absolute atomic E-state index is 12.5. The number of hydrogen-bond donors (Lipinski definition) is 5. The molecule has 1 fully saturated rings. The lowest BCUT2D eigenvalue weighted by Gasteiger charge is -2.40. The number of aliphatic hydroxyl groups is 4. The Morgan fingerprint density at radius 2 is 1.62 bits per heavy atom. The maximum Gasteiger partial charge on any atom is 0.283 e. The SMILES string of the molecule is CC(NC1CCCCC1)S(=O)(=O)OCC(CO)(CO)N(CCO)CCO. The van der Waals surface area contributed by atoms with Crippen LogP contribution in [0, 0.1) is 0 Å². The van der Waals surface area contributed by atoms with E-state index in [-0.39, 0.29) is 32.3 Å². The van der Waals surface area contributed by atoms with E-state index in [1.165, 1.54) is 11.8 Å². The molecule has 0 aromatic heterocycles. The van der Waals surface area contributed by atoms with Crippen molar-refractivity contribution in [2.75, 3.05) is 46.1 Å². The molecule has 0 heterocycles. The summed E-state index contributed by atoms with van der Waals surface area (Å²) in [5.74, 6) is 0. The fourth-order valence-electron chi connectivity index (χ4n) is 3.24. The summed E-state index contributed by atoms with van der Waals surface area (Å²) in [6.45, 7) is -0.543. The van der Waals surface area contributed by atoms with Crippen molar-refractivity contribution in [2.45, 2.75) is 56.0 Å². The van der Waals surface area contributed by atoms with Crippen LogP contribution in [0.1, 0.15) is 39.0 Å². The lowest BCUT2D eigenvalue weighted by molar-refractivity contribution is -0.0513. The van der Waals surface area contributed by atoms with Crippen LogP contribution in [0.5, 0.6) is 0 Å². The van der Waals surface area contributed by atoms with E-state index in [4.69, 9.17) is 14.4 Å². The van der Waals surface area contributed by atoms with Crippen LogP contribution in [0.15, 0.2) is 0 Å². The molecule has 0 spiro atoms. The van der Waals surface area contributed by atoms with Gasteiger partial charge in [0.2, 0.25) is 0 Å². The summed E-state index contributed by atoms with van der Waals surface area (Å²) in [5.41, 5.74) is -1.41. The third-order valence-electron chi connectivity index (χ3n) is 5.00. The molecule has 156 valence electrons. The molecular formula is C16H34N2O7S. The second-order valence-corrected chi connectivity index (χ2v) is 8.80. The van der Waals surface area contributed by atoms with Crippen molar-refractivity contribution >= 4 is 10.1 Å². The summed E-state index contributed by atoms with van der Waals surface area (Å²) in [6.07, 6.45) is 5.16. The topological polar surface area (TPSA) is 140 Å². The van der Waals surface area contributed by atoms with Gasteiger partial charge < -0.3 is 20.4 Å². The monoisotopic (exact) mass is 398 g/mol. The molecular weight excluding hydrogens is 364 g/mol. The Bertz CT molecular complexity index is 473. The lowest BCUT2D eigenvalue weighted by atomic mass is 9.96. The predicted molar refractivity (Wildman–Crippen MR) is 97.0 cm³/mol. The minimum Gasteiger partial charge on any atom is -0.395 e. The predicted octanol–water partition coefficient (Wildman–Crippen LogP) is -1.39. The number of rotatable bonds is 13. The van der Waals surface area contributed by atoms with E-state index >= 15 is 0 Å². The summed E-state index contributed by atoms with van der Waals surface area (Å²) >= 11 is 0. The van der Waals surface area contributed by atoms with Crippen molar-refractivity contribution < 1.29 is 33.0 Å². The van der Waals surface area contributed by atoms with Crippen molar-refractivity contribution in [3.63, 3.8) is 0 Å². The van der Waals surface area contributed by atoms with Crippen LogP contribution in [0.2, 0.25) is 0 Å². The van der Waals surface area contributed by atoms with Crippen LogP contribution < -0.4 is 5.32 Å². The average molecular weight is 399 g/mol. The van der Waals surface area contributed by atoms with E-state index < -0.39 is 40.9 Å². The van der Waals surface area contributed by atoms with Gasteiger partial charge in [0, 0.05) is 19.1 Å². The Labute approximate surface area is 156 Å². The summed E-state index contributed by atoms with van der Waals surface area (Å²) in [6, 6.07) is 0.137. The zero-order valence-electron chi connectivity index (χ0n) is 15.5. The van der Waals surface area contributed by atoms with Gasteiger partial charge in [-0.2, -0.15) is 8.42 Å². The largest absolute Gasteiger partial charge is 0.395 e. The van der Waals surface area contributed by atoms with Crippen molar-refractivity contribution in [1.82, 2.24) is 10.2 Å². The summed E-state index contributed by atoms with van der Waals surface area (Å²) in [5, 5.41) is 40.0. The fraction of sp³-hybridized carbons (Fsp3) is 1.00. The van der Waals surface area contributed by atoms with Crippen molar-refractivity contribution in [3.05, 3.63) is 0 Å². The molecule has 0 aromatic rings. The van der Waals surface area contributed by atoms with E-state index in [1.54, 1.807) is 0 Å². The van der Waals surface area contributed by atoms with Crippen molar-refractivity contribution in [3.8, 4) is 0 Å². The van der Waals surface area contributed by atoms with E-state index in [2.05, 4.69) is 5.32 Å². The van der Waals surface area contributed by atoms with Crippen LogP contribution in [0.25, 0.3) is 0 Å². The maximum atomic E-state index is 12.5. The fourth-order valence-corrected chi connectivity index (χ4v) is 4.19. The summed E-state index contributed by atoms with van der Waals surface area (Å²) in [7, 11) is -3.96. The van der Waals surface area contributed by atoms with Gasteiger partial charge in [-0.15, -0.1) is 0 Å². The number of hydrogen-bond acceptors (Lipinski definition) is 9. The van der Waals surface area contributed by atoms with Gasteiger partial charge in [0.05, 0.1) is 38.6 Å². The van der Waals surface area contributed by atoms with Crippen LogP contribution >= 0.6 is 0 Å². The van der Waals surface area contributed by atoms with Gasteiger partial charge in [-0.1, -0.05) is 19.3 Å². The van der Waals surface area contributed by atoms with Gasteiger partial charge in [-0.05, 0) is 19.8 Å². The van der Waals surface area contributed by atoms with Crippen molar-refractivity contribution in [2.24, 2.45) is 0 Å². The minimum atomic E-state index is -3.96. The molecule has 9 nitrogen and oxygen atoms in total. The highest BCUT2D eigenvalue weighted by Crippen LogP contribution is 2.20. The Morgan fingerprint density at radius 3 is 2.08 bits per heavy atom. The molecule has 1 aliphatic rings. The van der Waals surface area contributed by atoms with E-state index in [0.717, 1.165) is 32.1 Å². The van der Waals surface area contributed by atoms with Crippen molar-refractivity contribution in [1.29, 1.82) is 0 Å². The first-order valence-corrected chi connectivity index (χ1v) is 10.6. The molecule has 26 heavy (non-hydrogen) atoms. The minimum absolute atomic E-state index is 0.0565. The standard InChI is InChI=1S/C16H34N2O7S/c1-14(17-15-5-3-2-4-6-15)26(23,24)25-13-16(11-21,12-22)18(7-9-19)8-10-20/h14-15,17,19-22H,2-13H2,1H3. The highest BCUT2D eigenvalue weighted by Gasteiger charge is 2.38. The molecule has 0 aromatic carbocycles. The Balaban J connectivity index is 2.75. The zero-order valence-corrected chi connectivity index (χ0v) is 16.3. The molecule has 1 unspecified atom stereocenters. The van der Waals surface area contributed by atoms with E-state index in [0.29, 0.717) is 0 Å². The van der Waals surface area contributed by atoms with Gasteiger partial charge >= 0.3 is 0 Å². The van der Waals surface area contributed by atoms with Crippen LogP contribution in [0.4, 0.5) is 0 Å². The summed E-state index contributed by atoms with van der Waals surface area (Å²) in [4.78, 5) is 1.43. The van der Waals surface area contributed by atoms with Gasteiger partial charge in [0.1, 0.15) is 5.37 Å². The highest BCUT2D eigenvalue weighted by atomic mass is 32.2. The molecule has 0 radical (unpaired) electrons. The van der Waals surface area contributed by atoms with Gasteiger partial charge in [0.25, 0.3) is 10.1 Å².